The SMILES string of the molecule is C=C(C)C(C=CC(C)C1CCC2C3CC=C4CC(OC5OC(COC(=O)CCCCCCCCCCCCCCCC)C(O)C(O)C5O)CCC4(C)C3CCC12C)CC. The van der Waals surface area contributed by atoms with Gasteiger partial charge in [-0.25, -0.2) is 0 Å². The average molecular weight is 825 g/mol. The Kier molecular flexibility index (Phi) is 19.1. The number of esters is 1. The van der Waals surface area contributed by atoms with E-state index in [1.54, 1.807) is 0 Å². The predicted molar refractivity (Wildman–Crippen MR) is 240 cm³/mol. The minimum atomic E-state index is -1.45. The van der Waals surface area contributed by atoms with E-state index >= 15 is 0 Å². The Balaban J connectivity index is 1.04. The van der Waals surface area contributed by atoms with E-state index < -0.39 is 30.7 Å². The molecule has 0 bridgehead atoms. The molecule has 0 aromatic heterocycles. The maximum atomic E-state index is 12.6. The molecule has 0 spiro atoms. The largest absolute Gasteiger partial charge is 0.463 e. The zero-order valence-electron chi connectivity index (χ0n) is 38.5. The first kappa shape index (κ1) is 48.5. The summed E-state index contributed by atoms with van der Waals surface area (Å²) < 4.78 is 18.0. The highest BCUT2D eigenvalue weighted by Gasteiger charge is 2.59. The molecule has 14 unspecified atom stereocenters. The van der Waals surface area contributed by atoms with Crippen molar-refractivity contribution in [1.82, 2.24) is 0 Å². The molecule has 7 nitrogen and oxygen atoms in total. The summed E-state index contributed by atoms with van der Waals surface area (Å²) >= 11 is 0. The van der Waals surface area contributed by atoms with Crippen LogP contribution in [0.2, 0.25) is 0 Å². The number of allylic oxidation sites excluding steroid dienone is 4. The molecule has 338 valence electrons. The van der Waals surface area contributed by atoms with Gasteiger partial charge >= 0.3 is 5.97 Å². The van der Waals surface area contributed by atoms with Crippen molar-refractivity contribution in [1.29, 1.82) is 0 Å². The molecule has 0 radical (unpaired) electrons. The van der Waals surface area contributed by atoms with E-state index in [2.05, 4.69) is 66.3 Å². The number of carbonyl (C=O) groups excluding carboxylic acids is 1. The van der Waals surface area contributed by atoms with Gasteiger partial charge in [-0.2, -0.15) is 0 Å². The van der Waals surface area contributed by atoms with Crippen molar-refractivity contribution in [3.8, 4) is 0 Å². The Labute approximate surface area is 360 Å². The van der Waals surface area contributed by atoms with E-state index in [0.29, 0.717) is 29.6 Å². The third kappa shape index (κ3) is 12.4. The van der Waals surface area contributed by atoms with Gasteiger partial charge in [0.1, 0.15) is 31.0 Å². The minimum Gasteiger partial charge on any atom is -0.463 e. The lowest BCUT2D eigenvalue weighted by molar-refractivity contribution is -0.313. The average Bonchev–Trinajstić information content (AvgIpc) is 3.58. The maximum Gasteiger partial charge on any atom is 0.305 e. The van der Waals surface area contributed by atoms with Crippen molar-refractivity contribution in [2.24, 2.45) is 46.3 Å². The summed E-state index contributed by atoms with van der Waals surface area (Å²) in [5.74, 6) is 3.62. The van der Waals surface area contributed by atoms with E-state index in [0.717, 1.165) is 69.1 Å². The van der Waals surface area contributed by atoms with Crippen LogP contribution in [0.4, 0.5) is 0 Å². The second kappa shape index (κ2) is 23.3. The van der Waals surface area contributed by atoms with E-state index in [-0.39, 0.29) is 24.1 Å². The standard InChI is InChI=1S/C52H88O7/c1-8-10-11-12-13-14-15-16-17-18-19-20-21-22-23-46(53)57-35-45-47(54)48(55)49(56)50(59-45)58-40-30-32-51(6)39(34-40)26-27-41-43-29-28-42(52(43,7)33-31-44(41)51)37(5)24-25-38(9-2)36(3)4/h24-26,37-38,40-45,47-50,54-56H,3,8-23,27-35H2,1-2,4-7H3. The molecule has 1 aliphatic heterocycles. The molecule has 0 amide bonds. The number of fused-ring (bicyclic) bond motifs is 5. The molecule has 3 N–H and O–H groups in total. The molecule has 3 saturated carbocycles. The number of rotatable bonds is 24. The van der Waals surface area contributed by atoms with Crippen molar-refractivity contribution < 1.29 is 34.3 Å². The molecular weight excluding hydrogens is 737 g/mol. The molecule has 0 aromatic carbocycles. The second-order valence-electron chi connectivity index (χ2n) is 20.6. The highest BCUT2D eigenvalue weighted by molar-refractivity contribution is 5.69. The van der Waals surface area contributed by atoms with Crippen LogP contribution in [0.3, 0.4) is 0 Å². The zero-order valence-corrected chi connectivity index (χ0v) is 38.5. The van der Waals surface area contributed by atoms with E-state index in [1.165, 1.54) is 107 Å². The highest BCUT2D eigenvalue weighted by atomic mass is 16.7. The van der Waals surface area contributed by atoms with Gasteiger partial charge in [0.05, 0.1) is 6.10 Å². The van der Waals surface area contributed by atoms with Crippen LogP contribution in [-0.4, -0.2) is 64.7 Å². The third-order valence-corrected chi connectivity index (χ3v) is 16.6. The van der Waals surface area contributed by atoms with E-state index in [1.807, 2.05) is 0 Å². The Morgan fingerprint density at radius 3 is 2.12 bits per heavy atom. The first-order chi connectivity index (χ1) is 28.3. The Morgan fingerprint density at radius 2 is 1.49 bits per heavy atom. The number of ether oxygens (including phenoxy) is 3. The number of hydrogen-bond donors (Lipinski definition) is 3. The van der Waals surface area contributed by atoms with Crippen LogP contribution in [0.5, 0.6) is 0 Å². The lowest BCUT2D eigenvalue weighted by Crippen LogP contribution is -2.60. The molecule has 1 heterocycles. The van der Waals surface area contributed by atoms with Gasteiger partial charge in [0.15, 0.2) is 6.29 Å². The van der Waals surface area contributed by atoms with Crippen molar-refractivity contribution in [3.05, 3.63) is 36.0 Å². The van der Waals surface area contributed by atoms with Gasteiger partial charge in [-0.3, -0.25) is 4.79 Å². The summed E-state index contributed by atoms with van der Waals surface area (Å²) in [5, 5.41) is 32.5. The summed E-state index contributed by atoms with van der Waals surface area (Å²) in [7, 11) is 0. The van der Waals surface area contributed by atoms with Crippen molar-refractivity contribution >= 4 is 5.97 Å². The first-order valence-corrected chi connectivity index (χ1v) is 24.9. The maximum absolute atomic E-state index is 12.6. The summed E-state index contributed by atoms with van der Waals surface area (Å²) in [6, 6.07) is 0. The highest BCUT2D eigenvalue weighted by Crippen LogP contribution is 2.67. The summed E-state index contributed by atoms with van der Waals surface area (Å²) in [6.45, 7) is 18.3. The van der Waals surface area contributed by atoms with Gasteiger partial charge in [-0.1, -0.05) is 154 Å². The Hall–Kier alpha value is -1.51. The molecule has 14 atom stereocenters. The first-order valence-electron chi connectivity index (χ1n) is 24.9. The number of unbranched alkanes of at least 4 members (excludes halogenated alkanes) is 13. The van der Waals surface area contributed by atoms with Crippen molar-refractivity contribution in [2.75, 3.05) is 6.61 Å². The molecule has 7 heteroatoms. The van der Waals surface area contributed by atoms with E-state index in [4.69, 9.17) is 14.2 Å². The lowest BCUT2D eigenvalue weighted by atomic mass is 9.47. The van der Waals surface area contributed by atoms with Gasteiger partial charge in [0.25, 0.3) is 0 Å². The quantitative estimate of drug-likeness (QED) is 0.0506. The molecule has 5 aliphatic rings. The smallest absolute Gasteiger partial charge is 0.305 e. The van der Waals surface area contributed by atoms with Crippen LogP contribution in [0.15, 0.2) is 36.0 Å². The number of aliphatic hydroxyl groups is 3. The Bertz CT molecular complexity index is 1360. The molecule has 5 rings (SSSR count). The van der Waals surface area contributed by atoms with E-state index in [9.17, 15) is 20.1 Å². The third-order valence-electron chi connectivity index (χ3n) is 16.6. The molecule has 59 heavy (non-hydrogen) atoms. The van der Waals surface area contributed by atoms with Crippen molar-refractivity contribution in [3.63, 3.8) is 0 Å². The van der Waals surface area contributed by atoms with Gasteiger partial charge in [-0.15, -0.1) is 0 Å². The van der Waals surface area contributed by atoms with Gasteiger partial charge in [0, 0.05) is 6.42 Å². The van der Waals surface area contributed by atoms with Gasteiger partial charge in [-0.05, 0) is 117 Å². The molecule has 1 saturated heterocycles. The summed E-state index contributed by atoms with van der Waals surface area (Å²) in [5.41, 5.74) is 3.27. The van der Waals surface area contributed by atoms with Gasteiger partial charge < -0.3 is 29.5 Å². The fourth-order valence-electron chi connectivity index (χ4n) is 12.8. The topological polar surface area (TPSA) is 105 Å². The predicted octanol–water partition coefficient (Wildman–Crippen LogP) is 12.0. The van der Waals surface area contributed by atoms with Crippen LogP contribution in [-0.2, 0) is 19.0 Å². The minimum absolute atomic E-state index is 0.148. The van der Waals surface area contributed by atoms with Crippen LogP contribution < -0.4 is 0 Å². The van der Waals surface area contributed by atoms with Crippen LogP contribution >= 0.6 is 0 Å². The monoisotopic (exact) mass is 825 g/mol. The fraction of sp³-hybridized carbons (Fsp3) is 0.865. The number of carbonyl (C=O) groups is 1. The number of aliphatic hydroxyl groups excluding tert-OH is 3. The van der Waals surface area contributed by atoms with Crippen LogP contribution in [0.1, 0.15) is 196 Å². The summed E-state index contributed by atoms with van der Waals surface area (Å²) in [6.07, 6.45) is 29.2. The van der Waals surface area contributed by atoms with Crippen LogP contribution in [0, 0.1) is 46.3 Å². The van der Waals surface area contributed by atoms with Gasteiger partial charge in [0.2, 0.25) is 0 Å². The molecule has 4 aliphatic carbocycles. The van der Waals surface area contributed by atoms with Crippen LogP contribution in [0.25, 0.3) is 0 Å². The summed E-state index contributed by atoms with van der Waals surface area (Å²) in [4.78, 5) is 12.6. The lowest BCUT2D eigenvalue weighted by Gasteiger charge is -2.58. The molecule has 0 aromatic rings. The normalized spacial score (nSPS) is 36.7. The Morgan fingerprint density at radius 1 is 0.847 bits per heavy atom. The zero-order chi connectivity index (χ0) is 42.6. The molecular formula is C52H88O7. The number of hydrogen-bond acceptors (Lipinski definition) is 7. The molecule has 4 fully saturated rings. The van der Waals surface area contributed by atoms with Crippen molar-refractivity contribution in [2.45, 2.75) is 232 Å². The second-order valence-corrected chi connectivity index (χ2v) is 20.6. The fourth-order valence-corrected chi connectivity index (χ4v) is 12.8.